The van der Waals surface area contributed by atoms with E-state index in [1.54, 1.807) is 6.07 Å². The van der Waals surface area contributed by atoms with E-state index in [1.807, 2.05) is 47.0 Å². The molecule has 4 heterocycles. The lowest BCUT2D eigenvalue weighted by Crippen LogP contribution is -2.49. The van der Waals surface area contributed by atoms with Crippen LogP contribution >= 0.6 is 23.2 Å². The molecule has 6 rings (SSSR count). The number of benzene rings is 2. The van der Waals surface area contributed by atoms with E-state index >= 15 is 0 Å². The van der Waals surface area contributed by atoms with Crippen LogP contribution in [0.5, 0.6) is 0 Å². The van der Waals surface area contributed by atoms with Gasteiger partial charge in [-0.1, -0.05) is 29.3 Å². The maximum atomic E-state index is 12.3. The maximum absolute atomic E-state index is 12.3. The third kappa shape index (κ3) is 3.77. The van der Waals surface area contributed by atoms with E-state index in [4.69, 9.17) is 23.2 Å². The van der Waals surface area contributed by atoms with Crippen LogP contribution in [0.4, 0.5) is 0 Å². The normalized spacial score (nSPS) is 21.4. The molecule has 0 spiro atoms. The van der Waals surface area contributed by atoms with Gasteiger partial charge >= 0.3 is 0 Å². The summed E-state index contributed by atoms with van der Waals surface area (Å²) in [5.74, 6) is 0.789. The molecule has 0 aliphatic carbocycles. The highest BCUT2D eigenvalue weighted by molar-refractivity contribution is 6.33. The van der Waals surface area contributed by atoms with Gasteiger partial charge < -0.3 is 14.2 Å². The molecule has 2 aliphatic heterocycles. The second-order valence-corrected chi connectivity index (χ2v) is 10.4. The third-order valence-electron chi connectivity index (χ3n) is 7.21. The summed E-state index contributed by atoms with van der Waals surface area (Å²) in [4.78, 5) is 14.6. The standard InChI is InChI=1S/C26H25Cl2N3O2/c27-18-4-6-24-21(9-18)22-10-19(28)5-7-25(22)30(24)15-20(32)14-29-11-16-8-17(13-29)23-2-1-3-26(33)31(23)12-16/h1-7,9-10,16-17,20,32H,8,11-15H2/t16-,17+,20?/m0/s1. The summed E-state index contributed by atoms with van der Waals surface area (Å²) in [5, 5.41) is 14.6. The van der Waals surface area contributed by atoms with Crippen molar-refractivity contribution in [3.8, 4) is 0 Å². The Morgan fingerprint density at radius 3 is 2.30 bits per heavy atom. The van der Waals surface area contributed by atoms with E-state index in [1.165, 1.54) is 0 Å². The molecule has 1 saturated heterocycles. The average Bonchev–Trinajstić information content (AvgIpc) is 3.06. The number of nitrogens with zero attached hydrogens (tertiary/aromatic N) is 3. The van der Waals surface area contributed by atoms with Crippen LogP contribution in [0.25, 0.3) is 21.8 Å². The molecule has 0 saturated carbocycles. The van der Waals surface area contributed by atoms with Crippen LogP contribution in [0.15, 0.2) is 59.4 Å². The van der Waals surface area contributed by atoms with Gasteiger partial charge in [0.2, 0.25) is 0 Å². The van der Waals surface area contributed by atoms with Gasteiger partial charge in [-0.15, -0.1) is 0 Å². The van der Waals surface area contributed by atoms with Gasteiger partial charge in [-0.25, -0.2) is 0 Å². The van der Waals surface area contributed by atoms with Gasteiger partial charge in [-0.05, 0) is 54.8 Å². The molecule has 2 aromatic heterocycles. The first-order valence-corrected chi connectivity index (χ1v) is 12.2. The highest BCUT2D eigenvalue weighted by Crippen LogP contribution is 2.36. The van der Waals surface area contributed by atoms with Crippen molar-refractivity contribution in [2.24, 2.45) is 5.92 Å². The highest BCUT2D eigenvalue weighted by Gasteiger charge is 2.35. The minimum atomic E-state index is -0.521. The monoisotopic (exact) mass is 481 g/mol. The van der Waals surface area contributed by atoms with Crippen molar-refractivity contribution in [3.05, 3.63) is 80.7 Å². The Balaban J connectivity index is 1.26. The second kappa shape index (κ2) is 8.17. The Kier molecular flexibility index (Phi) is 5.26. The van der Waals surface area contributed by atoms with Crippen molar-refractivity contribution in [2.45, 2.75) is 31.5 Å². The summed E-state index contributed by atoms with van der Waals surface area (Å²) in [6.07, 6.45) is 0.594. The van der Waals surface area contributed by atoms with Crippen molar-refractivity contribution in [2.75, 3.05) is 19.6 Å². The van der Waals surface area contributed by atoms with Crippen LogP contribution in [-0.2, 0) is 13.1 Å². The number of aromatic nitrogens is 2. The number of piperidine rings is 1. The highest BCUT2D eigenvalue weighted by atomic mass is 35.5. The molecule has 2 aromatic carbocycles. The minimum Gasteiger partial charge on any atom is -0.390 e. The number of hydrogen-bond donors (Lipinski definition) is 1. The number of β-amino-alcohol motifs (C(OH)–C–C–N with tert-alkyl or cyclic N) is 1. The Morgan fingerprint density at radius 2 is 1.61 bits per heavy atom. The van der Waals surface area contributed by atoms with Gasteiger partial charge in [0.15, 0.2) is 0 Å². The zero-order valence-electron chi connectivity index (χ0n) is 18.1. The Bertz CT molecular complexity index is 1370. The number of pyridine rings is 1. The maximum Gasteiger partial charge on any atom is 0.250 e. The molecule has 33 heavy (non-hydrogen) atoms. The predicted octanol–water partition coefficient (Wildman–Crippen LogP) is 4.74. The van der Waals surface area contributed by atoms with Gasteiger partial charge in [0.25, 0.3) is 5.56 Å². The summed E-state index contributed by atoms with van der Waals surface area (Å²) in [5.41, 5.74) is 3.32. The SMILES string of the molecule is O=c1cccc2n1C[C@H]1C[C@@H]2CN(CC(O)Cn2c3ccc(Cl)cc3c3cc(Cl)ccc32)C1. The summed E-state index contributed by atoms with van der Waals surface area (Å²) in [6.45, 7) is 3.65. The van der Waals surface area contributed by atoms with E-state index in [0.29, 0.717) is 35.0 Å². The quantitative estimate of drug-likeness (QED) is 0.457. The molecule has 2 aliphatic rings. The lowest BCUT2D eigenvalue weighted by Gasteiger charge is -2.43. The molecular formula is C26H25Cl2N3O2. The zero-order chi connectivity index (χ0) is 22.7. The fourth-order valence-electron chi connectivity index (χ4n) is 5.96. The van der Waals surface area contributed by atoms with Gasteiger partial charge in [0.1, 0.15) is 0 Å². The first kappa shape index (κ1) is 21.2. The Labute approximate surface area is 201 Å². The first-order valence-electron chi connectivity index (χ1n) is 11.4. The number of aliphatic hydroxyl groups is 1. The van der Waals surface area contributed by atoms with E-state index in [2.05, 4.69) is 15.5 Å². The number of hydrogen-bond acceptors (Lipinski definition) is 3. The average molecular weight is 482 g/mol. The molecule has 1 fully saturated rings. The number of rotatable bonds is 4. The van der Waals surface area contributed by atoms with Crippen molar-refractivity contribution in [3.63, 3.8) is 0 Å². The summed E-state index contributed by atoms with van der Waals surface area (Å²) in [6, 6.07) is 17.3. The zero-order valence-corrected chi connectivity index (χ0v) is 19.6. The molecule has 0 radical (unpaired) electrons. The lowest BCUT2D eigenvalue weighted by atomic mass is 9.83. The molecule has 5 nitrogen and oxygen atoms in total. The van der Waals surface area contributed by atoms with Gasteiger partial charge in [-0.2, -0.15) is 0 Å². The second-order valence-electron chi connectivity index (χ2n) is 9.50. The predicted molar refractivity (Wildman–Crippen MR) is 133 cm³/mol. The molecule has 1 unspecified atom stereocenters. The van der Waals surface area contributed by atoms with Crippen LogP contribution in [0.2, 0.25) is 10.0 Å². The van der Waals surface area contributed by atoms with Gasteiger partial charge in [0.05, 0.1) is 12.6 Å². The van der Waals surface area contributed by atoms with E-state index < -0.39 is 6.10 Å². The van der Waals surface area contributed by atoms with Crippen LogP contribution in [0, 0.1) is 5.92 Å². The largest absolute Gasteiger partial charge is 0.390 e. The minimum absolute atomic E-state index is 0.0993. The molecular weight excluding hydrogens is 457 g/mol. The van der Waals surface area contributed by atoms with E-state index in [0.717, 1.165) is 53.6 Å². The smallest absolute Gasteiger partial charge is 0.250 e. The molecule has 4 aromatic rings. The Morgan fingerprint density at radius 1 is 0.909 bits per heavy atom. The molecule has 2 bridgehead atoms. The van der Waals surface area contributed by atoms with E-state index in [-0.39, 0.29) is 5.56 Å². The summed E-state index contributed by atoms with van der Waals surface area (Å²) >= 11 is 12.6. The molecule has 7 heteroatoms. The van der Waals surface area contributed by atoms with Crippen LogP contribution in [-0.4, -0.2) is 44.9 Å². The van der Waals surface area contributed by atoms with Crippen molar-refractivity contribution in [1.29, 1.82) is 0 Å². The summed E-state index contributed by atoms with van der Waals surface area (Å²) < 4.78 is 4.11. The van der Waals surface area contributed by atoms with Crippen LogP contribution < -0.4 is 5.56 Å². The van der Waals surface area contributed by atoms with Crippen molar-refractivity contribution in [1.82, 2.24) is 14.0 Å². The molecule has 3 atom stereocenters. The van der Waals surface area contributed by atoms with Gasteiger partial charge in [0, 0.05) is 75.7 Å². The number of likely N-dealkylation sites (tertiary alicyclic amines) is 1. The number of halogens is 2. The first-order chi connectivity index (χ1) is 16.0. The van der Waals surface area contributed by atoms with E-state index in [9.17, 15) is 9.90 Å². The van der Waals surface area contributed by atoms with Crippen molar-refractivity contribution >= 4 is 45.0 Å². The molecule has 170 valence electrons. The molecule has 1 N–H and O–H groups in total. The number of fused-ring (bicyclic) bond motifs is 7. The topological polar surface area (TPSA) is 50.4 Å². The summed E-state index contributed by atoms with van der Waals surface area (Å²) in [7, 11) is 0. The van der Waals surface area contributed by atoms with Crippen LogP contribution in [0.3, 0.4) is 0 Å². The van der Waals surface area contributed by atoms with Gasteiger partial charge in [-0.3, -0.25) is 9.69 Å². The third-order valence-corrected chi connectivity index (χ3v) is 7.68. The van der Waals surface area contributed by atoms with Crippen LogP contribution in [0.1, 0.15) is 18.0 Å². The lowest BCUT2D eigenvalue weighted by molar-refractivity contribution is 0.0558. The van der Waals surface area contributed by atoms with Crippen molar-refractivity contribution < 1.29 is 5.11 Å². The fourth-order valence-corrected chi connectivity index (χ4v) is 6.30. The number of aliphatic hydroxyl groups excluding tert-OH is 1. The molecule has 0 amide bonds. The Hall–Kier alpha value is -2.31. The fraction of sp³-hybridized carbons (Fsp3) is 0.346.